The van der Waals surface area contributed by atoms with E-state index >= 15 is 0 Å². The number of nitrogens with one attached hydrogen (secondary N) is 1. The van der Waals surface area contributed by atoms with Crippen LogP contribution >= 0.6 is 11.3 Å². The Morgan fingerprint density at radius 1 is 1.38 bits per heavy atom. The summed E-state index contributed by atoms with van der Waals surface area (Å²) in [6.45, 7) is 7.76. The van der Waals surface area contributed by atoms with Gasteiger partial charge in [0.1, 0.15) is 12.0 Å². The van der Waals surface area contributed by atoms with Crippen LogP contribution in [0.5, 0.6) is 5.88 Å². The number of nitrogens with two attached hydrogens (primary N) is 1. The van der Waals surface area contributed by atoms with Crippen LogP contribution in [0.15, 0.2) is 23.8 Å². The number of anilines is 2. The first-order chi connectivity index (χ1) is 10.0. The Hall–Kier alpha value is -1.82. The SMILES string of the molecule is CCCOc1ncnc(NCC(C)(C)c2cccs2)c1N. The molecule has 6 heteroatoms. The summed E-state index contributed by atoms with van der Waals surface area (Å²) in [5.74, 6) is 1.07. The molecule has 21 heavy (non-hydrogen) atoms. The Morgan fingerprint density at radius 2 is 2.19 bits per heavy atom. The van der Waals surface area contributed by atoms with Crippen LogP contribution in [-0.2, 0) is 5.41 Å². The van der Waals surface area contributed by atoms with Gasteiger partial charge in [0, 0.05) is 16.8 Å². The first-order valence-corrected chi connectivity index (χ1v) is 7.93. The number of ether oxygens (including phenoxy) is 1. The first-order valence-electron chi connectivity index (χ1n) is 7.05. The summed E-state index contributed by atoms with van der Waals surface area (Å²) in [5.41, 5.74) is 6.54. The highest BCUT2D eigenvalue weighted by molar-refractivity contribution is 7.10. The molecule has 114 valence electrons. The van der Waals surface area contributed by atoms with Crippen LogP contribution in [0.1, 0.15) is 32.1 Å². The molecule has 0 aromatic carbocycles. The van der Waals surface area contributed by atoms with Crippen molar-refractivity contribution >= 4 is 22.8 Å². The van der Waals surface area contributed by atoms with Crippen LogP contribution in [0.4, 0.5) is 11.5 Å². The lowest BCUT2D eigenvalue weighted by atomic mass is 9.91. The van der Waals surface area contributed by atoms with E-state index in [0.717, 1.165) is 13.0 Å². The van der Waals surface area contributed by atoms with Crippen molar-refractivity contribution < 1.29 is 4.74 Å². The van der Waals surface area contributed by atoms with Crippen molar-refractivity contribution in [2.75, 3.05) is 24.2 Å². The average molecular weight is 306 g/mol. The van der Waals surface area contributed by atoms with Crippen LogP contribution in [0.25, 0.3) is 0 Å². The molecule has 0 saturated carbocycles. The fraction of sp³-hybridized carbons (Fsp3) is 0.467. The fourth-order valence-corrected chi connectivity index (χ4v) is 2.74. The van der Waals surface area contributed by atoms with E-state index in [0.29, 0.717) is 24.0 Å². The van der Waals surface area contributed by atoms with E-state index in [9.17, 15) is 0 Å². The zero-order valence-electron chi connectivity index (χ0n) is 12.7. The van der Waals surface area contributed by atoms with E-state index < -0.39 is 0 Å². The number of nitrogens with zero attached hydrogens (tertiary/aromatic N) is 2. The summed E-state index contributed by atoms with van der Waals surface area (Å²) in [6.07, 6.45) is 2.39. The van der Waals surface area contributed by atoms with Gasteiger partial charge in [0.2, 0.25) is 5.88 Å². The van der Waals surface area contributed by atoms with Crippen molar-refractivity contribution in [3.63, 3.8) is 0 Å². The van der Waals surface area contributed by atoms with E-state index in [4.69, 9.17) is 10.5 Å². The highest BCUT2D eigenvalue weighted by atomic mass is 32.1. The maximum Gasteiger partial charge on any atom is 0.242 e. The molecule has 0 aliphatic carbocycles. The minimum absolute atomic E-state index is 0.00992. The second-order valence-corrected chi connectivity index (χ2v) is 6.45. The van der Waals surface area contributed by atoms with Gasteiger partial charge in [-0.25, -0.2) is 4.98 Å². The minimum Gasteiger partial charge on any atom is -0.476 e. The van der Waals surface area contributed by atoms with Gasteiger partial charge in [0.25, 0.3) is 0 Å². The number of hydrogen-bond donors (Lipinski definition) is 2. The van der Waals surface area contributed by atoms with E-state index in [1.54, 1.807) is 11.3 Å². The highest BCUT2D eigenvalue weighted by Gasteiger charge is 2.22. The predicted octanol–water partition coefficient (Wildman–Crippen LogP) is 3.30. The number of nitrogen functional groups attached to an aromatic ring is 1. The summed E-state index contributed by atoms with van der Waals surface area (Å²) < 4.78 is 5.52. The summed E-state index contributed by atoms with van der Waals surface area (Å²) in [6, 6.07) is 4.21. The third-order valence-corrected chi connectivity index (χ3v) is 4.41. The van der Waals surface area contributed by atoms with Gasteiger partial charge in [0.15, 0.2) is 5.82 Å². The number of thiophene rings is 1. The van der Waals surface area contributed by atoms with Crippen molar-refractivity contribution in [3.8, 4) is 5.88 Å². The van der Waals surface area contributed by atoms with Crippen LogP contribution in [0, 0.1) is 0 Å². The molecule has 2 aromatic heterocycles. The fourth-order valence-electron chi connectivity index (χ4n) is 1.89. The van der Waals surface area contributed by atoms with Crippen molar-refractivity contribution in [2.24, 2.45) is 0 Å². The first kappa shape index (κ1) is 15.6. The standard InChI is InChI=1S/C15H22N4OS/c1-4-7-20-14-12(16)13(18-10-19-14)17-9-15(2,3)11-6-5-8-21-11/h5-6,8,10H,4,7,9,16H2,1-3H3,(H,17,18,19). The molecule has 0 aliphatic heterocycles. The molecule has 2 aromatic rings. The van der Waals surface area contributed by atoms with Crippen LogP contribution in [0.2, 0.25) is 0 Å². The lowest BCUT2D eigenvalue weighted by Gasteiger charge is -2.24. The van der Waals surface area contributed by atoms with Crippen LogP contribution in [0.3, 0.4) is 0 Å². The molecule has 0 saturated heterocycles. The Balaban J connectivity index is 2.06. The van der Waals surface area contributed by atoms with Crippen molar-refractivity contribution in [1.82, 2.24) is 9.97 Å². The summed E-state index contributed by atoms with van der Waals surface area (Å²) in [7, 11) is 0. The van der Waals surface area contributed by atoms with Crippen molar-refractivity contribution in [2.45, 2.75) is 32.6 Å². The normalized spacial score (nSPS) is 11.4. The van der Waals surface area contributed by atoms with E-state index in [2.05, 4.69) is 46.6 Å². The second-order valence-electron chi connectivity index (χ2n) is 5.50. The molecule has 0 fully saturated rings. The van der Waals surface area contributed by atoms with Gasteiger partial charge in [-0.3, -0.25) is 0 Å². The summed E-state index contributed by atoms with van der Waals surface area (Å²) in [4.78, 5) is 9.61. The Kier molecular flexibility index (Phi) is 5.01. The lowest BCUT2D eigenvalue weighted by molar-refractivity contribution is 0.306. The van der Waals surface area contributed by atoms with Gasteiger partial charge in [-0.2, -0.15) is 4.98 Å². The van der Waals surface area contributed by atoms with Gasteiger partial charge in [-0.05, 0) is 17.9 Å². The van der Waals surface area contributed by atoms with Gasteiger partial charge in [-0.15, -0.1) is 11.3 Å². The molecular weight excluding hydrogens is 284 g/mol. The maximum absolute atomic E-state index is 6.06. The summed E-state index contributed by atoms with van der Waals surface area (Å²) in [5, 5.41) is 5.40. The molecule has 2 heterocycles. The van der Waals surface area contributed by atoms with Gasteiger partial charge in [-0.1, -0.05) is 26.8 Å². The molecule has 2 rings (SSSR count). The lowest BCUT2D eigenvalue weighted by Crippen LogP contribution is -2.27. The van der Waals surface area contributed by atoms with E-state index in [1.807, 2.05) is 6.92 Å². The molecule has 0 amide bonds. The Morgan fingerprint density at radius 3 is 2.86 bits per heavy atom. The van der Waals surface area contributed by atoms with Gasteiger partial charge < -0.3 is 15.8 Å². The minimum atomic E-state index is 0.00992. The van der Waals surface area contributed by atoms with E-state index in [-0.39, 0.29) is 5.41 Å². The monoisotopic (exact) mass is 306 g/mol. The second kappa shape index (κ2) is 6.76. The zero-order valence-corrected chi connectivity index (χ0v) is 13.5. The molecule has 0 spiro atoms. The van der Waals surface area contributed by atoms with Gasteiger partial charge >= 0.3 is 0 Å². The molecule has 0 atom stereocenters. The molecule has 5 nitrogen and oxygen atoms in total. The van der Waals surface area contributed by atoms with Gasteiger partial charge in [0.05, 0.1) is 6.61 Å². The molecule has 0 aliphatic rings. The Labute approximate surface area is 129 Å². The largest absolute Gasteiger partial charge is 0.476 e. The quantitative estimate of drug-likeness (QED) is 0.821. The van der Waals surface area contributed by atoms with E-state index in [1.165, 1.54) is 11.2 Å². The third-order valence-electron chi connectivity index (χ3n) is 3.18. The smallest absolute Gasteiger partial charge is 0.242 e. The van der Waals surface area contributed by atoms with Crippen molar-refractivity contribution in [3.05, 3.63) is 28.7 Å². The van der Waals surface area contributed by atoms with Crippen LogP contribution in [-0.4, -0.2) is 23.1 Å². The molecular formula is C15H22N4OS. The average Bonchev–Trinajstić information content (AvgIpc) is 3.00. The summed E-state index contributed by atoms with van der Waals surface area (Å²) >= 11 is 1.75. The predicted molar refractivity (Wildman–Crippen MR) is 88.1 cm³/mol. The highest BCUT2D eigenvalue weighted by Crippen LogP contribution is 2.30. The molecule has 0 radical (unpaired) electrons. The van der Waals surface area contributed by atoms with Crippen LogP contribution < -0.4 is 15.8 Å². The maximum atomic E-state index is 6.06. The number of hydrogen-bond acceptors (Lipinski definition) is 6. The molecule has 0 bridgehead atoms. The zero-order chi connectivity index (χ0) is 15.3. The number of aromatic nitrogens is 2. The Bertz CT molecular complexity index is 569. The molecule has 3 N–H and O–H groups in total. The number of rotatable bonds is 7. The third kappa shape index (κ3) is 3.85. The molecule has 0 unspecified atom stereocenters. The topological polar surface area (TPSA) is 73.1 Å². The van der Waals surface area contributed by atoms with Crippen molar-refractivity contribution in [1.29, 1.82) is 0 Å².